The molecule has 2 saturated carbocycles. The third kappa shape index (κ3) is 5.99. The number of carbonyl (C=O) groups excluding carboxylic acids is 2. The molecule has 2 fully saturated rings. The van der Waals surface area contributed by atoms with Crippen LogP contribution in [0, 0.1) is 0 Å². The number of aryl methyl sites for hydroxylation is 1. The van der Waals surface area contributed by atoms with Crippen LogP contribution in [0.4, 0.5) is 5.69 Å². The van der Waals surface area contributed by atoms with Crippen LogP contribution in [-0.4, -0.2) is 38.0 Å². The predicted octanol–water partition coefficient (Wildman–Crippen LogP) is 8.02. The van der Waals surface area contributed by atoms with Crippen LogP contribution in [0.1, 0.15) is 72.3 Å². The number of hydrogen-bond acceptors (Lipinski definition) is 5. The van der Waals surface area contributed by atoms with Crippen molar-refractivity contribution in [1.82, 2.24) is 14.9 Å². The maximum Gasteiger partial charge on any atom is 0.328 e. The summed E-state index contributed by atoms with van der Waals surface area (Å²) in [7, 11) is 2.06. The summed E-state index contributed by atoms with van der Waals surface area (Å²) in [5, 5.41) is 19.1. The van der Waals surface area contributed by atoms with E-state index in [9.17, 15) is 14.4 Å². The van der Waals surface area contributed by atoms with Crippen molar-refractivity contribution in [2.75, 3.05) is 5.32 Å². The number of hydrogen-bond donors (Lipinski definition) is 3. The SMILES string of the molecule is Cn1c(-c2csc(-c3ccccc3)n2)c(C2CCCC2)c2ccc(C(=O)NC3(C(=O)Nc4ccc(/C=C/C(=O)O)cc4)CCC3)cc21. The van der Waals surface area contributed by atoms with Gasteiger partial charge in [-0.25, -0.2) is 9.78 Å². The highest BCUT2D eigenvalue weighted by molar-refractivity contribution is 7.13. The molecule has 5 aromatic rings. The zero-order chi connectivity index (χ0) is 32.5. The summed E-state index contributed by atoms with van der Waals surface area (Å²) in [6.07, 6.45) is 9.22. The Morgan fingerprint density at radius 2 is 1.72 bits per heavy atom. The van der Waals surface area contributed by atoms with E-state index < -0.39 is 11.5 Å². The standard InChI is InChI=1S/C38H36N4O4S/c1-42-31-22-27(35(45)41-38(20-7-21-38)37(46)39-28-16-12-24(13-17-28)14-19-32(43)44)15-18-29(31)33(25-8-5-6-9-25)34(42)30-23-47-36(40-30)26-10-3-2-4-11-26/h2-4,10-19,22-23,25H,5-9,20-21H2,1H3,(H,39,46)(H,41,45)(H,43,44)/b19-14+. The first kappa shape index (κ1) is 30.6. The van der Waals surface area contributed by atoms with Crippen LogP contribution < -0.4 is 10.6 Å². The minimum atomic E-state index is -1.03. The second kappa shape index (κ2) is 12.6. The second-order valence-corrected chi connectivity index (χ2v) is 13.4. The van der Waals surface area contributed by atoms with Crippen molar-refractivity contribution in [2.45, 2.75) is 56.4 Å². The molecule has 47 heavy (non-hydrogen) atoms. The maximum absolute atomic E-state index is 13.7. The molecule has 8 nitrogen and oxygen atoms in total. The molecule has 3 aromatic carbocycles. The van der Waals surface area contributed by atoms with Crippen molar-refractivity contribution >= 4 is 51.8 Å². The minimum Gasteiger partial charge on any atom is -0.478 e. The Morgan fingerprint density at radius 1 is 0.979 bits per heavy atom. The molecule has 3 N–H and O–H groups in total. The van der Waals surface area contributed by atoms with Gasteiger partial charge in [0.15, 0.2) is 0 Å². The van der Waals surface area contributed by atoms with Gasteiger partial charge in [0, 0.05) is 46.2 Å². The lowest BCUT2D eigenvalue weighted by molar-refractivity contribution is -0.131. The molecule has 0 bridgehead atoms. The van der Waals surface area contributed by atoms with E-state index in [0.29, 0.717) is 35.6 Å². The van der Waals surface area contributed by atoms with E-state index >= 15 is 0 Å². The predicted molar refractivity (Wildman–Crippen MR) is 186 cm³/mol. The summed E-state index contributed by atoms with van der Waals surface area (Å²) in [5.41, 5.74) is 6.28. The molecule has 2 heterocycles. The number of anilines is 1. The molecule has 0 spiro atoms. The van der Waals surface area contributed by atoms with Crippen LogP contribution in [0.3, 0.4) is 0 Å². The van der Waals surface area contributed by atoms with Crippen LogP contribution in [-0.2, 0) is 16.6 Å². The minimum absolute atomic E-state index is 0.255. The van der Waals surface area contributed by atoms with Crippen LogP contribution in [0.2, 0.25) is 0 Å². The average Bonchev–Trinajstić information content (AvgIpc) is 3.82. The van der Waals surface area contributed by atoms with E-state index in [1.165, 1.54) is 24.5 Å². The van der Waals surface area contributed by atoms with E-state index in [2.05, 4.69) is 45.8 Å². The number of amides is 2. The number of carboxylic acid groups (broad SMARTS) is 1. The van der Waals surface area contributed by atoms with Gasteiger partial charge in [0.05, 0.1) is 11.4 Å². The smallest absolute Gasteiger partial charge is 0.328 e. The van der Waals surface area contributed by atoms with Gasteiger partial charge in [0.1, 0.15) is 10.5 Å². The first-order valence-corrected chi connectivity index (χ1v) is 17.0. The topological polar surface area (TPSA) is 113 Å². The number of benzene rings is 3. The third-order valence-electron chi connectivity index (χ3n) is 9.61. The number of aliphatic carboxylic acids is 1. The molecule has 0 saturated heterocycles. The maximum atomic E-state index is 13.7. The lowest BCUT2D eigenvalue weighted by Crippen LogP contribution is -2.61. The number of nitrogens with one attached hydrogen (secondary N) is 2. The highest BCUT2D eigenvalue weighted by atomic mass is 32.1. The van der Waals surface area contributed by atoms with E-state index in [4.69, 9.17) is 10.1 Å². The molecule has 2 aromatic heterocycles. The normalized spacial score (nSPS) is 15.9. The molecule has 9 heteroatoms. The zero-order valence-corrected chi connectivity index (χ0v) is 27.0. The Morgan fingerprint density at radius 3 is 2.40 bits per heavy atom. The Kier molecular flexibility index (Phi) is 8.24. The van der Waals surface area contributed by atoms with Crippen molar-refractivity contribution in [3.63, 3.8) is 0 Å². The third-order valence-corrected chi connectivity index (χ3v) is 10.5. The number of fused-ring (bicyclic) bond motifs is 1. The lowest BCUT2D eigenvalue weighted by Gasteiger charge is -2.40. The molecule has 7 rings (SSSR count). The molecule has 0 unspecified atom stereocenters. The van der Waals surface area contributed by atoms with Gasteiger partial charge in [-0.1, -0.05) is 61.4 Å². The monoisotopic (exact) mass is 644 g/mol. The van der Waals surface area contributed by atoms with Gasteiger partial charge in [-0.3, -0.25) is 9.59 Å². The Bertz CT molecular complexity index is 2000. The lowest BCUT2D eigenvalue weighted by atomic mass is 9.75. The van der Waals surface area contributed by atoms with E-state index in [1.54, 1.807) is 35.6 Å². The van der Waals surface area contributed by atoms with Gasteiger partial charge in [-0.05, 0) is 79.5 Å². The fourth-order valence-electron chi connectivity index (χ4n) is 6.96. The van der Waals surface area contributed by atoms with Gasteiger partial charge >= 0.3 is 5.97 Å². The fourth-order valence-corrected chi connectivity index (χ4v) is 7.78. The van der Waals surface area contributed by atoms with Gasteiger partial charge in [-0.15, -0.1) is 11.3 Å². The van der Waals surface area contributed by atoms with Crippen LogP contribution in [0.5, 0.6) is 0 Å². The van der Waals surface area contributed by atoms with Gasteiger partial charge in [-0.2, -0.15) is 0 Å². The van der Waals surface area contributed by atoms with Crippen LogP contribution in [0.25, 0.3) is 38.9 Å². The number of carboxylic acids is 1. The first-order chi connectivity index (χ1) is 22.8. The summed E-state index contributed by atoms with van der Waals surface area (Å²) in [6, 6.07) is 23.1. The molecule has 2 aliphatic rings. The van der Waals surface area contributed by atoms with Crippen molar-refractivity contribution in [1.29, 1.82) is 0 Å². The number of thiazole rings is 1. The Balaban J connectivity index is 1.16. The van der Waals surface area contributed by atoms with Crippen molar-refractivity contribution < 1.29 is 19.5 Å². The number of carbonyl (C=O) groups is 3. The number of nitrogens with zero attached hydrogens (tertiary/aromatic N) is 2. The highest BCUT2D eigenvalue weighted by Gasteiger charge is 2.45. The second-order valence-electron chi connectivity index (χ2n) is 12.6. The van der Waals surface area contributed by atoms with Gasteiger partial charge in [0.2, 0.25) is 5.91 Å². The molecule has 2 amide bonds. The summed E-state index contributed by atoms with van der Waals surface area (Å²) in [6.45, 7) is 0. The summed E-state index contributed by atoms with van der Waals surface area (Å²) < 4.78 is 2.19. The molecule has 0 atom stereocenters. The Hall–Kier alpha value is -5.02. The van der Waals surface area contributed by atoms with Crippen molar-refractivity contribution in [2.24, 2.45) is 7.05 Å². The van der Waals surface area contributed by atoms with Gasteiger partial charge < -0.3 is 20.3 Å². The molecular weight excluding hydrogens is 609 g/mol. The van der Waals surface area contributed by atoms with Crippen LogP contribution in [0.15, 0.2) is 84.3 Å². The highest BCUT2D eigenvalue weighted by Crippen LogP contribution is 2.45. The number of rotatable bonds is 9. The van der Waals surface area contributed by atoms with Crippen molar-refractivity contribution in [3.05, 3.63) is 101 Å². The molecular formula is C38H36N4O4S. The largest absolute Gasteiger partial charge is 0.478 e. The molecule has 0 aliphatic heterocycles. The Labute approximate surface area is 277 Å². The van der Waals surface area contributed by atoms with Gasteiger partial charge in [0.25, 0.3) is 5.91 Å². The quantitative estimate of drug-likeness (QED) is 0.141. The first-order valence-electron chi connectivity index (χ1n) is 16.1. The fraction of sp³-hybridized carbons (Fsp3) is 0.263. The molecule has 238 valence electrons. The average molecular weight is 645 g/mol. The summed E-state index contributed by atoms with van der Waals surface area (Å²) >= 11 is 1.65. The van der Waals surface area contributed by atoms with Crippen molar-refractivity contribution in [3.8, 4) is 22.0 Å². The van der Waals surface area contributed by atoms with E-state index in [-0.39, 0.29) is 11.8 Å². The molecule has 2 aliphatic carbocycles. The van der Waals surface area contributed by atoms with Crippen LogP contribution >= 0.6 is 11.3 Å². The van der Waals surface area contributed by atoms with E-state index in [1.807, 2.05) is 30.3 Å². The summed E-state index contributed by atoms with van der Waals surface area (Å²) in [5.74, 6) is -1.11. The van der Waals surface area contributed by atoms with E-state index in [0.717, 1.165) is 58.2 Å². The summed E-state index contributed by atoms with van der Waals surface area (Å²) in [4.78, 5) is 43.1. The molecule has 0 radical (unpaired) electrons. The number of aromatic nitrogens is 2. The zero-order valence-electron chi connectivity index (χ0n) is 26.2.